The molecule has 0 radical (unpaired) electrons. The van der Waals surface area contributed by atoms with E-state index in [1.54, 1.807) is 12.0 Å². The van der Waals surface area contributed by atoms with Crippen molar-refractivity contribution in [2.75, 3.05) is 26.9 Å². The van der Waals surface area contributed by atoms with Crippen LogP contribution in [0, 0.1) is 0 Å². The third kappa shape index (κ3) is 2.63. The standard InChI is InChI=1S/C13H17NO4/c1-17-12-5-3-2-4-10(12)6-14-11(7-15)8-18-9-13(14)16/h2-5,11,15H,6-9H2,1H3. The van der Waals surface area contributed by atoms with Gasteiger partial charge in [-0.05, 0) is 6.07 Å². The number of benzene rings is 1. The molecule has 2 rings (SSSR count). The van der Waals surface area contributed by atoms with Crippen LogP contribution in [0.5, 0.6) is 5.75 Å². The maximum absolute atomic E-state index is 11.8. The highest BCUT2D eigenvalue weighted by molar-refractivity contribution is 5.78. The number of rotatable bonds is 4. The van der Waals surface area contributed by atoms with Gasteiger partial charge in [-0.2, -0.15) is 0 Å². The molecule has 0 aromatic heterocycles. The molecule has 5 nitrogen and oxygen atoms in total. The maximum Gasteiger partial charge on any atom is 0.249 e. The molecule has 1 atom stereocenters. The molecule has 1 aliphatic heterocycles. The second kappa shape index (κ2) is 5.84. The normalized spacial score (nSPS) is 20.0. The first-order valence-corrected chi connectivity index (χ1v) is 5.86. The summed E-state index contributed by atoms with van der Waals surface area (Å²) in [5.41, 5.74) is 0.925. The van der Waals surface area contributed by atoms with Crippen molar-refractivity contribution < 1.29 is 19.4 Å². The van der Waals surface area contributed by atoms with Gasteiger partial charge in [0.15, 0.2) is 0 Å². The van der Waals surface area contributed by atoms with Gasteiger partial charge in [-0.1, -0.05) is 18.2 Å². The number of methoxy groups -OCH3 is 1. The first-order valence-electron chi connectivity index (χ1n) is 5.86. The molecule has 1 aliphatic rings. The zero-order chi connectivity index (χ0) is 13.0. The van der Waals surface area contributed by atoms with E-state index in [1.165, 1.54) is 0 Å². The van der Waals surface area contributed by atoms with Gasteiger partial charge in [0, 0.05) is 12.1 Å². The van der Waals surface area contributed by atoms with E-state index in [0.717, 1.165) is 11.3 Å². The Kier molecular flexibility index (Phi) is 4.17. The Morgan fingerprint density at radius 1 is 1.50 bits per heavy atom. The predicted molar refractivity (Wildman–Crippen MR) is 65.2 cm³/mol. The fraction of sp³-hybridized carbons (Fsp3) is 0.462. The molecule has 1 heterocycles. The van der Waals surface area contributed by atoms with E-state index in [4.69, 9.17) is 9.47 Å². The summed E-state index contributed by atoms with van der Waals surface area (Å²) in [6.07, 6.45) is 0. The van der Waals surface area contributed by atoms with Crippen molar-refractivity contribution in [1.29, 1.82) is 0 Å². The zero-order valence-corrected chi connectivity index (χ0v) is 10.3. The number of aliphatic hydroxyl groups excluding tert-OH is 1. The van der Waals surface area contributed by atoms with E-state index < -0.39 is 0 Å². The lowest BCUT2D eigenvalue weighted by Crippen LogP contribution is -2.50. The lowest BCUT2D eigenvalue weighted by molar-refractivity contribution is -0.151. The molecular weight excluding hydrogens is 234 g/mol. The van der Waals surface area contributed by atoms with Crippen molar-refractivity contribution in [3.05, 3.63) is 29.8 Å². The fourth-order valence-corrected chi connectivity index (χ4v) is 2.04. The van der Waals surface area contributed by atoms with E-state index in [2.05, 4.69) is 0 Å². The predicted octanol–water partition coefficient (Wildman–Crippen LogP) is 0.415. The van der Waals surface area contributed by atoms with Crippen molar-refractivity contribution in [2.24, 2.45) is 0 Å². The SMILES string of the molecule is COc1ccccc1CN1C(=O)COCC1CO. The molecule has 1 N–H and O–H groups in total. The Balaban J connectivity index is 2.17. The molecule has 5 heteroatoms. The van der Waals surface area contributed by atoms with Gasteiger partial charge in [-0.25, -0.2) is 0 Å². The maximum atomic E-state index is 11.8. The van der Waals surface area contributed by atoms with Crippen LogP contribution in [0.3, 0.4) is 0 Å². The second-order valence-electron chi connectivity index (χ2n) is 4.19. The Morgan fingerprint density at radius 3 is 3.00 bits per heavy atom. The molecule has 1 amide bonds. The van der Waals surface area contributed by atoms with Gasteiger partial charge in [-0.3, -0.25) is 4.79 Å². The molecule has 0 bridgehead atoms. The summed E-state index contributed by atoms with van der Waals surface area (Å²) in [5.74, 6) is 0.639. The van der Waals surface area contributed by atoms with Crippen LogP contribution in [0.15, 0.2) is 24.3 Å². The third-order valence-electron chi connectivity index (χ3n) is 3.04. The zero-order valence-electron chi connectivity index (χ0n) is 10.3. The molecular formula is C13H17NO4. The van der Waals surface area contributed by atoms with Crippen LogP contribution >= 0.6 is 0 Å². The number of aliphatic hydroxyl groups is 1. The fourth-order valence-electron chi connectivity index (χ4n) is 2.04. The quantitative estimate of drug-likeness (QED) is 0.842. The minimum atomic E-state index is -0.281. The van der Waals surface area contributed by atoms with Crippen molar-refractivity contribution in [2.45, 2.75) is 12.6 Å². The van der Waals surface area contributed by atoms with Gasteiger partial charge in [0.2, 0.25) is 5.91 Å². The Labute approximate surface area is 106 Å². The number of hydrogen-bond acceptors (Lipinski definition) is 4. The Hall–Kier alpha value is -1.59. The summed E-state index contributed by atoms with van der Waals surface area (Å²) in [6.45, 7) is 0.779. The van der Waals surface area contributed by atoms with Gasteiger partial charge < -0.3 is 19.5 Å². The Bertz CT molecular complexity index is 421. The molecule has 1 unspecified atom stereocenters. The van der Waals surface area contributed by atoms with Crippen LogP contribution in [0.25, 0.3) is 0 Å². The lowest BCUT2D eigenvalue weighted by atomic mass is 10.1. The van der Waals surface area contributed by atoms with Crippen LogP contribution in [-0.4, -0.2) is 48.9 Å². The number of morpholine rings is 1. The summed E-state index contributed by atoms with van der Waals surface area (Å²) < 4.78 is 10.4. The van der Waals surface area contributed by atoms with Gasteiger partial charge in [-0.15, -0.1) is 0 Å². The van der Waals surface area contributed by atoms with Crippen molar-refractivity contribution in [3.8, 4) is 5.75 Å². The molecule has 0 spiro atoms. The molecule has 1 saturated heterocycles. The summed E-state index contributed by atoms with van der Waals surface area (Å²) >= 11 is 0. The highest BCUT2D eigenvalue weighted by atomic mass is 16.5. The van der Waals surface area contributed by atoms with Crippen LogP contribution in [0.4, 0.5) is 0 Å². The molecule has 0 aliphatic carbocycles. The summed E-state index contributed by atoms with van der Waals surface area (Å²) in [4.78, 5) is 13.5. The largest absolute Gasteiger partial charge is 0.496 e. The lowest BCUT2D eigenvalue weighted by Gasteiger charge is -2.34. The van der Waals surface area contributed by atoms with Gasteiger partial charge in [0.05, 0.1) is 26.4 Å². The smallest absolute Gasteiger partial charge is 0.249 e. The molecule has 1 aromatic carbocycles. The number of carbonyl (C=O) groups excluding carboxylic acids is 1. The average Bonchev–Trinajstić information content (AvgIpc) is 2.41. The second-order valence-corrected chi connectivity index (χ2v) is 4.19. The first-order chi connectivity index (χ1) is 8.76. The number of carbonyl (C=O) groups is 1. The van der Waals surface area contributed by atoms with Crippen LogP contribution < -0.4 is 4.74 Å². The van der Waals surface area contributed by atoms with E-state index in [-0.39, 0.29) is 25.2 Å². The van der Waals surface area contributed by atoms with Gasteiger partial charge in [0.25, 0.3) is 0 Å². The van der Waals surface area contributed by atoms with E-state index in [9.17, 15) is 9.90 Å². The van der Waals surface area contributed by atoms with Crippen molar-refractivity contribution >= 4 is 5.91 Å². The van der Waals surface area contributed by atoms with E-state index in [1.807, 2.05) is 24.3 Å². The monoisotopic (exact) mass is 251 g/mol. The number of para-hydroxylation sites is 1. The number of ether oxygens (including phenoxy) is 2. The molecule has 98 valence electrons. The molecule has 1 aromatic rings. The average molecular weight is 251 g/mol. The van der Waals surface area contributed by atoms with Gasteiger partial charge >= 0.3 is 0 Å². The summed E-state index contributed by atoms with van der Waals surface area (Å²) in [5, 5.41) is 9.28. The molecule has 1 fully saturated rings. The van der Waals surface area contributed by atoms with Crippen molar-refractivity contribution in [1.82, 2.24) is 4.90 Å². The minimum absolute atomic E-state index is 0.0750. The van der Waals surface area contributed by atoms with Crippen LogP contribution in [-0.2, 0) is 16.1 Å². The highest BCUT2D eigenvalue weighted by Gasteiger charge is 2.28. The van der Waals surface area contributed by atoms with Crippen LogP contribution in [0.2, 0.25) is 0 Å². The summed E-state index contributed by atoms with van der Waals surface area (Å²) in [7, 11) is 1.60. The van der Waals surface area contributed by atoms with Crippen molar-refractivity contribution in [3.63, 3.8) is 0 Å². The number of nitrogens with zero attached hydrogens (tertiary/aromatic N) is 1. The first kappa shape index (κ1) is 12.9. The third-order valence-corrected chi connectivity index (χ3v) is 3.04. The Morgan fingerprint density at radius 2 is 2.28 bits per heavy atom. The van der Waals surface area contributed by atoms with Gasteiger partial charge in [0.1, 0.15) is 12.4 Å². The highest BCUT2D eigenvalue weighted by Crippen LogP contribution is 2.21. The molecule has 18 heavy (non-hydrogen) atoms. The number of hydrogen-bond donors (Lipinski definition) is 1. The molecule has 0 saturated carbocycles. The topological polar surface area (TPSA) is 59.0 Å². The summed E-state index contributed by atoms with van der Waals surface area (Å²) in [6, 6.07) is 7.27. The number of amides is 1. The van der Waals surface area contributed by atoms with E-state index in [0.29, 0.717) is 13.2 Å². The van der Waals surface area contributed by atoms with Crippen LogP contribution in [0.1, 0.15) is 5.56 Å². The minimum Gasteiger partial charge on any atom is -0.496 e. The van der Waals surface area contributed by atoms with E-state index >= 15 is 0 Å².